The minimum Gasteiger partial charge on any atom is -0.464 e. The Hall–Kier alpha value is -0.650. The van der Waals surface area contributed by atoms with Gasteiger partial charge in [-0.1, -0.05) is 0 Å². The summed E-state index contributed by atoms with van der Waals surface area (Å²) in [7, 11) is 0. The summed E-state index contributed by atoms with van der Waals surface area (Å²) in [5.74, 6) is -0.279. The first-order chi connectivity index (χ1) is 8.79. The van der Waals surface area contributed by atoms with E-state index in [2.05, 4.69) is 10.2 Å². The third-order valence-corrected chi connectivity index (χ3v) is 3.49. The molecule has 2 rings (SSSR count). The van der Waals surface area contributed by atoms with Crippen LogP contribution in [-0.2, 0) is 14.3 Å². The average molecular weight is 256 g/mol. The number of nitrogens with zero attached hydrogens (tertiary/aromatic N) is 1. The molecule has 1 unspecified atom stereocenters. The summed E-state index contributed by atoms with van der Waals surface area (Å²) in [5.41, 5.74) is 0. The van der Waals surface area contributed by atoms with Gasteiger partial charge in [-0.3, -0.25) is 4.90 Å². The average Bonchev–Trinajstić information content (AvgIpc) is 3.10. The van der Waals surface area contributed by atoms with Crippen LogP contribution in [0, 0.1) is 0 Å². The number of carbonyl (C=O) groups excluding carboxylic acids is 1. The third kappa shape index (κ3) is 4.55. The molecule has 1 saturated carbocycles. The maximum Gasteiger partial charge on any atom is 0.332 e. The summed E-state index contributed by atoms with van der Waals surface area (Å²) in [6.45, 7) is 6.05. The zero-order valence-corrected chi connectivity index (χ0v) is 11.2. The molecule has 1 N–H and O–H groups in total. The van der Waals surface area contributed by atoms with Gasteiger partial charge in [0.2, 0.25) is 0 Å². The van der Waals surface area contributed by atoms with Crippen LogP contribution in [0.2, 0.25) is 0 Å². The Morgan fingerprint density at radius 1 is 1.39 bits per heavy atom. The fourth-order valence-electron chi connectivity index (χ4n) is 2.42. The van der Waals surface area contributed by atoms with E-state index in [1.807, 2.05) is 0 Å². The van der Waals surface area contributed by atoms with Crippen molar-refractivity contribution in [2.45, 2.75) is 38.3 Å². The molecule has 1 atom stereocenters. The monoisotopic (exact) mass is 256 g/mol. The van der Waals surface area contributed by atoms with Crippen LogP contribution in [0.25, 0.3) is 0 Å². The fourth-order valence-corrected chi connectivity index (χ4v) is 2.42. The summed E-state index contributed by atoms with van der Waals surface area (Å²) < 4.78 is 10.0. The van der Waals surface area contributed by atoms with E-state index in [1.165, 1.54) is 32.4 Å². The fraction of sp³-hybridized carbons (Fsp3) is 0.923. The molecular formula is C13H24N2O3. The van der Waals surface area contributed by atoms with Crippen LogP contribution in [0.4, 0.5) is 0 Å². The molecule has 0 aromatic rings. The van der Waals surface area contributed by atoms with E-state index in [-0.39, 0.29) is 12.6 Å². The molecule has 2 fully saturated rings. The largest absolute Gasteiger partial charge is 0.464 e. The maximum atomic E-state index is 11.0. The van der Waals surface area contributed by atoms with Gasteiger partial charge in [0.05, 0.1) is 13.2 Å². The quantitative estimate of drug-likeness (QED) is 0.503. The molecule has 1 saturated heterocycles. The van der Waals surface area contributed by atoms with E-state index in [9.17, 15) is 4.79 Å². The van der Waals surface area contributed by atoms with Crippen molar-refractivity contribution in [2.75, 3.05) is 39.5 Å². The zero-order valence-electron chi connectivity index (χ0n) is 11.2. The van der Waals surface area contributed by atoms with Crippen molar-refractivity contribution in [3.63, 3.8) is 0 Å². The lowest BCUT2D eigenvalue weighted by atomic mass is 10.3. The molecule has 0 spiro atoms. The Balaban J connectivity index is 1.45. The molecule has 1 heterocycles. The molecule has 5 heteroatoms. The minimum atomic E-state index is -0.279. The van der Waals surface area contributed by atoms with E-state index >= 15 is 0 Å². The van der Waals surface area contributed by atoms with E-state index in [0.29, 0.717) is 19.3 Å². The predicted octanol–water partition coefficient (Wildman–Crippen LogP) is 0.392. The molecule has 0 aromatic heterocycles. The second-order valence-electron chi connectivity index (χ2n) is 5.02. The lowest BCUT2D eigenvalue weighted by Gasteiger charge is -2.15. The second-order valence-corrected chi connectivity index (χ2v) is 5.02. The van der Waals surface area contributed by atoms with Crippen molar-refractivity contribution in [2.24, 2.45) is 0 Å². The lowest BCUT2D eigenvalue weighted by Crippen LogP contribution is -2.35. The molecule has 0 radical (unpaired) electrons. The Labute approximate surface area is 109 Å². The van der Waals surface area contributed by atoms with Gasteiger partial charge in [0.25, 0.3) is 0 Å². The first kappa shape index (κ1) is 13.8. The SMILES string of the molecule is CCOC(=O)COCCNC1CCN(C2CC2)C1. The number of ether oxygens (including phenoxy) is 2. The Morgan fingerprint density at radius 3 is 2.94 bits per heavy atom. The third-order valence-electron chi connectivity index (χ3n) is 3.49. The molecule has 5 nitrogen and oxygen atoms in total. The van der Waals surface area contributed by atoms with Gasteiger partial charge < -0.3 is 14.8 Å². The second kappa shape index (κ2) is 7.07. The van der Waals surface area contributed by atoms with Gasteiger partial charge in [-0.15, -0.1) is 0 Å². The van der Waals surface area contributed by atoms with Crippen LogP contribution in [-0.4, -0.2) is 62.4 Å². The maximum absolute atomic E-state index is 11.0. The zero-order chi connectivity index (χ0) is 12.8. The molecule has 1 aliphatic heterocycles. The van der Waals surface area contributed by atoms with Crippen LogP contribution in [0.15, 0.2) is 0 Å². The van der Waals surface area contributed by atoms with Crippen LogP contribution >= 0.6 is 0 Å². The molecular weight excluding hydrogens is 232 g/mol. The first-order valence-electron chi connectivity index (χ1n) is 7.00. The highest BCUT2D eigenvalue weighted by Crippen LogP contribution is 2.29. The number of rotatable bonds is 8. The summed E-state index contributed by atoms with van der Waals surface area (Å²) in [4.78, 5) is 13.6. The van der Waals surface area contributed by atoms with Gasteiger partial charge in [-0.2, -0.15) is 0 Å². The minimum absolute atomic E-state index is 0.0639. The first-order valence-corrected chi connectivity index (χ1v) is 7.00. The highest BCUT2D eigenvalue weighted by atomic mass is 16.6. The molecule has 18 heavy (non-hydrogen) atoms. The van der Waals surface area contributed by atoms with Gasteiger partial charge in [0.1, 0.15) is 6.61 Å². The van der Waals surface area contributed by atoms with Crippen molar-refractivity contribution < 1.29 is 14.3 Å². The Morgan fingerprint density at radius 2 is 2.22 bits per heavy atom. The van der Waals surface area contributed by atoms with Crippen molar-refractivity contribution in [1.29, 1.82) is 0 Å². The summed E-state index contributed by atoms with van der Waals surface area (Å²) in [6, 6.07) is 1.47. The lowest BCUT2D eigenvalue weighted by molar-refractivity contribution is -0.148. The summed E-state index contributed by atoms with van der Waals surface area (Å²) in [5, 5.41) is 3.48. The van der Waals surface area contributed by atoms with E-state index in [0.717, 1.165) is 12.6 Å². The Bertz CT molecular complexity index is 269. The van der Waals surface area contributed by atoms with E-state index in [1.54, 1.807) is 6.92 Å². The van der Waals surface area contributed by atoms with E-state index < -0.39 is 0 Å². The number of likely N-dealkylation sites (tertiary alicyclic amines) is 1. The molecule has 0 amide bonds. The van der Waals surface area contributed by atoms with Crippen LogP contribution < -0.4 is 5.32 Å². The standard InChI is InChI=1S/C13H24N2O3/c1-2-18-13(16)10-17-8-6-14-11-5-7-15(9-11)12-3-4-12/h11-12,14H,2-10H2,1H3. The van der Waals surface area contributed by atoms with Gasteiger partial charge in [0, 0.05) is 31.7 Å². The van der Waals surface area contributed by atoms with Crippen molar-refractivity contribution >= 4 is 5.97 Å². The smallest absolute Gasteiger partial charge is 0.332 e. The molecule has 104 valence electrons. The van der Waals surface area contributed by atoms with E-state index in [4.69, 9.17) is 9.47 Å². The van der Waals surface area contributed by atoms with Gasteiger partial charge in [-0.05, 0) is 26.2 Å². The predicted molar refractivity (Wildman–Crippen MR) is 68.5 cm³/mol. The molecule has 0 bridgehead atoms. The van der Waals surface area contributed by atoms with Crippen molar-refractivity contribution in [3.05, 3.63) is 0 Å². The molecule has 0 aromatic carbocycles. The van der Waals surface area contributed by atoms with Crippen molar-refractivity contribution in [1.82, 2.24) is 10.2 Å². The number of nitrogens with one attached hydrogen (secondary N) is 1. The van der Waals surface area contributed by atoms with Gasteiger partial charge in [-0.25, -0.2) is 4.79 Å². The molecule has 1 aliphatic carbocycles. The topological polar surface area (TPSA) is 50.8 Å². The highest BCUT2D eigenvalue weighted by Gasteiger charge is 2.33. The van der Waals surface area contributed by atoms with Crippen LogP contribution in [0.1, 0.15) is 26.2 Å². The van der Waals surface area contributed by atoms with Gasteiger partial charge >= 0.3 is 5.97 Å². The number of carbonyl (C=O) groups is 1. The number of esters is 1. The normalized spacial score (nSPS) is 24.4. The van der Waals surface area contributed by atoms with Crippen LogP contribution in [0.3, 0.4) is 0 Å². The molecule has 2 aliphatic rings. The summed E-state index contributed by atoms with van der Waals surface area (Å²) >= 11 is 0. The highest BCUT2D eigenvalue weighted by molar-refractivity contribution is 5.70. The summed E-state index contributed by atoms with van der Waals surface area (Å²) in [6.07, 6.45) is 4.00. The number of hydrogen-bond donors (Lipinski definition) is 1. The Kier molecular flexibility index (Phi) is 5.41. The number of hydrogen-bond acceptors (Lipinski definition) is 5. The van der Waals surface area contributed by atoms with Crippen LogP contribution in [0.5, 0.6) is 0 Å². The van der Waals surface area contributed by atoms with Gasteiger partial charge in [0.15, 0.2) is 0 Å². The van der Waals surface area contributed by atoms with Crippen molar-refractivity contribution in [3.8, 4) is 0 Å².